The number of rotatable bonds is 9. The highest BCUT2D eigenvalue weighted by molar-refractivity contribution is 14.0. The summed E-state index contributed by atoms with van der Waals surface area (Å²) in [5, 5.41) is 6.17. The van der Waals surface area contributed by atoms with Gasteiger partial charge >= 0.3 is 0 Å². The molecule has 1 saturated heterocycles. The molecule has 1 fully saturated rings. The second-order valence-corrected chi connectivity index (χ2v) is 8.27. The number of aliphatic imine (C=N–C) groups is 1. The lowest BCUT2D eigenvalue weighted by atomic mass is 10.4. The van der Waals surface area contributed by atoms with E-state index in [-0.39, 0.29) is 42.2 Å². The van der Waals surface area contributed by atoms with Gasteiger partial charge in [-0.25, -0.2) is 8.42 Å². The highest BCUT2D eigenvalue weighted by Crippen LogP contribution is 2.10. The van der Waals surface area contributed by atoms with Gasteiger partial charge in [-0.1, -0.05) is 18.2 Å². The van der Waals surface area contributed by atoms with Gasteiger partial charge in [0.1, 0.15) is 0 Å². The summed E-state index contributed by atoms with van der Waals surface area (Å²) in [5.41, 5.74) is 0. The number of amides is 1. The Kier molecular flexibility index (Phi) is 10.7. The van der Waals surface area contributed by atoms with Crippen molar-refractivity contribution in [1.82, 2.24) is 15.5 Å². The SMILES string of the molecule is CCNC(=NCCCN1CCCC1=O)NCCS(=O)(=O)c1ccccc1.I. The van der Waals surface area contributed by atoms with Crippen LogP contribution in [-0.2, 0) is 14.6 Å². The van der Waals surface area contributed by atoms with Crippen LogP contribution in [0.3, 0.4) is 0 Å². The predicted molar refractivity (Wildman–Crippen MR) is 118 cm³/mol. The Morgan fingerprint density at radius 1 is 1.22 bits per heavy atom. The van der Waals surface area contributed by atoms with Crippen LogP contribution >= 0.6 is 24.0 Å². The van der Waals surface area contributed by atoms with Gasteiger partial charge in [0.25, 0.3) is 0 Å². The standard InChI is InChI=1S/C18H28N4O3S.HI/c1-2-19-18(20-11-7-14-22-13-6-10-17(22)23)21-12-15-26(24,25)16-8-4-3-5-9-16;/h3-5,8-9H,2,6-7,10-15H2,1H3,(H2,19,20,21);1H. The van der Waals surface area contributed by atoms with E-state index >= 15 is 0 Å². The Labute approximate surface area is 178 Å². The van der Waals surface area contributed by atoms with Gasteiger partial charge in [-0.05, 0) is 31.9 Å². The zero-order chi connectivity index (χ0) is 18.8. The van der Waals surface area contributed by atoms with Crippen molar-refractivity contribution in [1.29, 1.82) is 0 Å². The lowest BCUT2D eigenvalue weighted by Crippen LogP contribution is -2.39. The van der Waals surface area contributed by atoms with E-state index < -0.39 is 9.84 Å². The van der Waals surface area contributed by atoms with Crippen LogP contribution in [-0.4, -0.2) is 63.7 Å². The Hall–Kier alpha value is -1.36. The number of carbonyl (C=O) groups excluding carboxylic acids is 1. The summed E-state index contributed by atoms with van der Waals surface area (Å²) in [7, 11) is -3.30. The lowest BCUT2D eigenvalue weighted by molar-refractivity contribution is -0.127. The number of hydrogen-bond donors (Lipinski definition) is 2. The second kappa shape index (κ2) is 12.2. The molecule has 0 unspecified atom stereocenters. The van der Waals surface area contributed by atoms with Crippen LogP contribution in [0.2, 0.25) is 0 Å². The topological polar surface area (TPSA) is 90.9 Å². The molecule has 1 heterocycles. The molecule has 0 atom stereocenters. The van der Waals surface area contributed by atoms with E-state index in [1.54, 1.807) is 30.3 Å². The molecule has 9 heteroatoms. The van der Waals surface area contributed by atoms with Crippen LogP contribution < -0.4 is 10.6 Å². The van der Waals surface area contributed by atoms with Crippen LogP contribution in [0.15, 0.2) is 40.2 Å². The van der Waals surface area contributed by atoms with Crippen LogP contribution in [0.1, 0.15) is 26.2 Å². The third-order valence-corrected chi connectivity index (χ3v) is 5.87. The molecule has 2 rings (SSSR count). The van der Waals surface area contributed by atoms with E-state index in [2.05, 4.69) is 15.6 Å². The van der Waals surface area contributed by atoms with Crippen molar-refractivity contribution in [2.75, 3.05) is 38.5 Å². The average molecular weight is 508 g/mol. The number of nitrogens with one attached hydrogen (secondary N) is 2. The minimum absolute atomic E-state index is 0. The fourth-order valence-electron chi connectivity index (χ4n) is 2.78. The molecule has 0 aromatic heterocycles. The molecule has 1 aromatic carbocycles. The van der Waals surface area contributed by atoms with Crippen LogP contribution in [0, 0.1) is 0 Å². The maximum Gasteiger partial charge on any atom is 0.222 e. The first-order chi connectivity index (χ1) is 12.5. The summed E-state index contributed by atoms with van der Waals surface area (Å²) < 4.78 is 24.5. The average Bonchev–Trinajstić information content (AvgIpc) is 3.04. The zero-order valence-corrected chi connectivity index (χ0v) is 18.8. The smallest absolute Gasteiger partial charge is 0.222 e. The van der Waals surface area contributed by atoms with Gasteiger partial charge < -0.3 is 15.5 Å². The van der Waals surface area contributed by atoms with Crippen molar-refractivity contribution >= 4 is 45.7 Å². The highest BCUT2D eigenvalue weighted by Gasteiger charge is 2.19. The molecule has 0 radical (unpaired) electrons. The van der Waals surface area contributed by atoms with E-state index in [9.17, 15) is 13.2 Å². The molecule has 0 spiro atoms. The molecule has 1 aliphatic heterocycles. The minimum atomic E-state index is -3.30. The van der Waals surface area contributed by atoms with Crippen molar-refractivity contribution in [3.8, 4) is 0 Å². The van der Waals surface area contributed by atoms with Gasteiger partial charge in [0.15, 0.2) is 15.8 Å². The van der Waals surface area contributed by atoms with Gasteiger partial charge in [-0.3, -0.25) is 9.79 Å². The van der Waals surface area contributed by atoms with E-state index in [1.807, 2.05) is 11.8 Å². The third kappa shape index (κ3) is 8.04. The molecule has 1 aromatic rings. The zero-order valence-electron chi connectivity index (χ0n) is 15.7. The van der Waals surface area contributed by atoms with Crippen molar-refractivity contribution in [3.63, 3.8) is 0 Å². The minimum Gasteiger partial charge on any atom is -0.357 e. The molecular weight excluding hydrogens is 479 g/mol. The van der Waals surface area contributed by atoms with Gasteiger partial charge in [0.2, 0.25) is 5.91 Å². The molecular formula is C18H29IN4O3S. The van der Waals surface area contributed by atoms with Crippen molar-refractivity contribution in [2.24, 2.45) is 4.99 Å². The van der Waals surface area contributed by atoms with Gasteiger partial charge in [0.05, 0.1) is 10.6 Å². The Balaban J connectivity index is 0.00000364. The number of nitrogens with zero attached hydrogens (tertiary/aromatic N) is 2. The van der Waals surface area contributed by atoms with E-state index in [0.717, 1.165) is 25.9 Å². The quantitative estimate of drug-likeness (QED) is 0.229. The fourth-order valence-corrected chi connectivity index (χ4v) is 3.96. The number of sulfone groups is 1. The number of benzene rings is 1. The first-order valence-corrected chi connectivity index (χ1v) is 10.8. The largest absolute Gasteiger partial charge is 0.357 e. The number of hydrogen-bond acceptors (Lipinski definition) is 4. The van der Waals surface area contributed by atoms with E-state index in [4.69, 9.17) is 0 Å². The summed E-state index contributed by atoms with van der Waals surface area (Å²) in [6, 6.07) is 8.44. The van der Waals surface area contributed by atoms with Crippen molar-refractivity contribution in [2.45, 2.75) is 31.1 Å². The predicted octanol–water partition coefficient (Wildman–Crippen LogP) is 1.65. The first-order valence-electron chi connectivity index (χ1n) is 9.10. The molecule has 2 N–H and O–H groups in total. The van der Waals surface area contributed by atoms with Crippen LogP contribution in [0.5, 0.6) is 0 Å². The third-order valence-electron chi connectivity index (χ3n) is 4.14. The van der Waals surface area contributed by atoms with Gasteiger partial charge in [0, 0.05) is 39.1 Å². The monoisotopic (exact) mass is 508 g/mol. The Morgan fingerprint density at radius 3 is 2.59 bits per heavy atom. The maximum absolute atomic E-state index is 12.3. The first kappa shape index (κ1) is 23.7. The molecule has 1 amide bonds. The molecule has 0 aliphatic carbocycles. The summed E-state index contributed by atoms with van der Waals surface area (Å²) in [6.07, 6.45) is 2.40. The summed E-state index contributed by atoms with van der Waals surface area (Å²) in [6.45, 7) is 5.10. The van der Waals surface area contributed by atoms with Gasteiger partial charge in [-0.15, -0.1) is 24.0 Å². The van der Waals surface area contributed by atoms with Crippen LogP contribution in [0.25, 0.3) is 0 Å². The Morgan fingerprint density at radius 2 is 1.96 bits per heavy atom. The molecule has 0 saturated carbocycles. The normalized spacial score (nSPS) is 14.8. The maximum atomic E-state index is 12.3. The molecule has 7 nitrogen and oxygen atoms in total. The lowest BCUT2D eigenvalue weighted by Gasteiger charge is -2.15. The van der Waals surface area contributed by atoms with E-state index in [1.165, 1.54) is 0 Å². The number of likely N-dealkylation sites (tertiary alicyclic amines) is 1. The summed E-state index contributed by atoms with van der Waals surface area (Å²) in [4.78, 5) is 18.2. The van der Waals surface area contributed by atoms with Crippen LogP contribution in [0.4, 0.5) is 0 Å². The number of carbonyl (C=O) groups is 1. The van der Waals surface area contributed by atoms with E-state index in [0.29, 0.717) is 30.4 Å². The highest BCUT2D eigenvalue weighted by atomic mass is 127. The Bertz CT molecular complexity index is 711. The second-order valence-electron chi connectivity index (χ2n) is 6.16. The molecule has 27 heavy (non-hydrogen) atoms. The molecule has 152 valence electrons. The van der Waals surface area contributed by atoms with Gasteiger partial charge in [-0.2, -0.15) is 0 Å². The number of halogens is 1. The van der Waals surface area contributed by atoms with Crippen molar-refractivity contribution in [3.05, 3.63) is 30.3 Å². The number of guanidine groups is 1. The molecule has 1 aliphatic rings. The molecule has 0 bridgehead atoms. The fraction of sp³-hybridized carbons (Fsp3) is 0.556. The summed E-state index contributed by atoms with van der Waals surface area (Å²) >= 11 is 0. The van der Waals surface area contributed by atoms with Crippen molar-refractivity contribution < 1.29 is 13.2 Å². The summed E-state index contributed by atoms with van der Waals surface area (Å²) in [5.74, 6) is 0.831.